The highest BCUT2D eigenvalue weighted by Crippen LogP contribution is 2.45. The molecular weight excluding hydrogens is 485 g/mol. The molecule has 0 spiro atoms. The van der Waals surface area contributed by atoms with E-state index >= 15 is 0 Å². The average Bonchev–Trinajstić information content (AvgIpc) is 3.04. The molecule has 2 N–H and O–H groups in total. The van der Waals surface area contributed by atoms with Crippen molar-refractivity contribution >= 4 is 17.2 Å². The van der Waals surface area contributed by atoms with Crippen LogP contribution in [0, 0.1) is 0 Å². The van der Waals surface area contributed by atoms with Crippen molar-refractivity contribution in [2.45, 2.75) is 31.2 Å². The summed E-state index contributed by atoms with van der Waals surface area (Å²) < 4.78 is 52.8. The molecule has 2 aliphatic rings. The largest absolute Gasteiger partial charge is 0.573 e. The van der Waals surface area contributed by atoms with Gasteiger partial charge in [0.2, 0.25) is 0 Å². The molecule has 0 radical (unpaired) electrons. The summed E-state index contributed by atoms with van der Waals surface area (Å²) in [5.41, 5.74) is 4.54. The van der Waals surface area contributed by atoms with Gasteiger partial charge in [-0.3, -0.25) is 4.79 Å². The third kappa shape index (κ3) is 5.07. The van der Waals surface area contributed by atoms with Crippen LogP contribution in [0.1, 0.15) is 35.9 Å². The third-order valence-corrected chi connectivity index (χ3v) is 6.63. The van der Waals surface area contributed by atoms with Crippen molar-refractivity contribution in [1.82, 2.24) is 0 Å². The van der Waals surface area contributed by atoms with Crippen molar-refractivity contribution in [3.8, 4) is 17.2 Å². The Hall–Kier alpha value is -4.14. The fourth-order valence-electron chi connectivity index (χ4n) is 4.95. The normalized spacial score (nSPS) is 19.1. The van der Waals surface area contributed by atoms with Gasteiger partial charge in [0, 0.05) is 17.7 Å². The molecule has 0 aromatic heterocycles. The van der Waals surface area contributed by atoms with Gasteiger partial charge in [0.1, 0.15) is 5.75 Å². The number of ether oxygens (including phenoxy) is 3. The lowest BCUT2D eigenvalue weighted by molar-refractivity contribution is -0.274. The van der Waals surface area contributed by atoms with E-state index in [1.54, 1.807) is 26.4 Å². The lowest BCUT2D eigenvalue weighted by Crippen LogP contribution is -2.27. The summed E-state index contributed by atoms with van der Waals surface area (Å²) >= 11 is 0. The predicted molar refractivity (Wildman–Crippen MR) is 133 cm³/mol. The zero-order chi connectivity index (χ0) is 26.2. The first-order chi connectivity index (χ1) is 17.8. The average molecular weight is 511 g/mol. The number of nitrogens with one attached hydrogen (secondary N) is 2. The number of allylic oxidation sites excluding steroid dienone is 1. The lowest BCUT2D eigenvalue weighted by Gasteiger charge is -2.30. The molecule has 0 amide bonds. The highest BCUT2D eigenvalue weighted by Gasteiger charge is 2.36. The second-order valence-electron chi connectivity index (χ2n) is 8.90. The van der Waals surface area contributed by atoms with Gasteiger partial charge in [0.05, 0.1) is 31.6 Å². The Morgan fingerprint density at radius 2 is 1.51 bits per heavy atom. The molecule has 0 fully saturated rings. The van der Waals surface area contributed by atoms with Crippen molar-refractivity contribution in [2.24, 2.45) is 0 Å². The van der Waals surface area contributed by atoms with E-state index in [-0.39, 0.29) is 23.9 Å². The van der Waals surface area contributed by atoms with Gasteiger partial charge < -0.3 is 24.8 Å². The van der Waals surface area contributed by atoms with Crippen LogP contribution < -0.4 is 24.8 Å². The molecular formula is C28H25F3N2O4. The smallest absolute Gasteiger partial charge is 0.493 e. The van der Waals surface area contributed by atoms with E-state index < -0.39 is 12.4 Å². The van der Waals surface area contributed by atoms with Crippen LogP contribution in [0.15, 0.2) is 78.0 Å². The molecule has 1 aliphatic heterocycles. The first kappa shape index (κ1) is 24.5. The molecule has 5 rings (SSSR count). The number of para-hydroxylation sites is 2. The standard InChI is InChI=1S/C28H25F3N2O4/c1-35-24-12-9-17(15-25(24)36-2)18-13-22-26(23(34)14-18)27(33-21-6-4-3-5-20(21)32-22)16-7-10-19(11-8-16)37-28(29,30)31/h3-12,15,18,27,32-33H,13-14H2,1-2H3/t18-,27-/m0/s1. The van der Waals surface area contributed by atoms with Gasteiger partial charge >= 0.3 is 6.36 Å². The van der Waals surface area contributed by atoms with Crippen molar-refractivity contribution in [3.05, 3.63) is 89.1 Å². The number of rotatable bonds is 5. The van der Waals surface area contributed by atoms with Crippen LogP contribution >= 0.6 is 0 Å². The van der Waals surface area contributed by atoms with E-state index in [1.165, 1.54) is 12.1 Å². The topological polar surface area (TPSA) is 68.8 Å². The number of carbonyl (C=O) groups is 1. The molecule has 0 unspecified atom stereocenters. The molecule has 0 saturated heterocycles. The molecule has 3 aromatic rings. The number of fused-ring (bicyclic) bond motifs is 1. The lowest BCUT2D eigenvalue weighted by atomic mass is 9.78. The Bertz CT molecular complexity index is 1350. The Kier molecular flexibility index (Phi) is 6.45. The highest BCUT2D eigenvalue weighted by molar-refractivity contribution is 6.01. The number of alkyl halides is 3. The molecule has 6 nitrogen and oxygen atoms in total. The zero-order valence-corrected chi connectivity index (χ0v) is 20.2. The number of ketones is 1. The number of anilines is 2. The Morgan fingerprint density at radius 3 is 2.19 bits per heavy atom. The summed E-state index contributed by atoms with van der Waals surface area (Å²) in [7, 11) is 3.14. The van der Waals surface area contributed by atoms with Gasteiger partial charge in [0.15, 0.2) is 17.3 Å². The Balaban J connectivity index is 1.53. The second-order valence-corrected chi connectivity index (χ2v) is 8.90. The number of methoxy groups -OCH3 is 2. The van der Waals surface area contributed by atoms with Crippen LogP contribution in [0.5, 0.6) is 17.2 Å². The first-order valence-corrected chi connectivity index (χ1v) is 11.7. The monoisotopic (exact) mass is 510 g/mol. The van der Waals surface area contributed by atoms with Gasteiger partial charge in [-0.1, -0.05) is 30.3 Å². The second kappa shape index (κ2) is 9.72. The number of hydrogen-bond donors (Lipinski definition) is 2. The van der Waals surface area contributed by atoms with E-state index in [1.807, 2.05) is 42.5 Å². The Labute approximate surface area is 212 Å². The van der Waals surface area contributed by atoms with Gasteiger partial charge in [-0.05, 0) is 59.9 Å². The predicted octanol–water partition coefficient (Wildman–Crippen LogP) is 6.58. The zero-order valence-electron chi connectivity index (χ0n) is 20.2. The van der Waals surface area contributed by atoms with Gasteiger partial charge in [-0.2, -0.15) is 0 Å². The minimum Gasteiger partial charge on any atom is -0.493 e. The van der Waals surface area contributed by atoms with E-state index in [4.69, 9.17) is 9.47 Å². The minimum absolute atomic E-state index is 0.0468. The highest BCUT2D eigenvalue weighted by atomic mass is 19.4. The van der Waals surface area contributed by atoms with E-state index in [9.17, 15) is 18.0 Å². The molecule has 0 bridgehead atoms. The number of benzene rings is 3. The Morgan fingerprint density at radius 1 is 0.838 bits per heavy atom. The van der Waals surface area contributed by atoms with Gasteiger partial charge in [0.25, 0.3) is 0 Å². The van der Waals surface area contributed by atoms with Crippen LogP contribution in [-0.2, 0) is 4.79 Å². The summed E-state index contributed by atoms with van der Waals surface area (Å²) in [5.74, 6) is 0.742. The SMILES string of the molecule is COc1ccc([C@@H]2CC(=O)C3=C(C2)Nc2ccccc2N[C@H]3c2ccc(OC(F)(F)F)cc2)cc1OC. The molecule has 37 heavy (non-hydrogen) atoms. The molecule has 1 heterocycles. The summed E-state index contributed by atoms with van der Waals surface area (Å²) in [6.45, 7) is 0. The fourth-order valence-corrected chi connectivity index (χ4v) is 4.95. The van der Waals surface area contributed by atoms with Gasteiger partial charge in [-0.25, -0.2) is 0 Å². The van der Waals surface area contributed by atoms with Crippen molar-refractivity contribution in [2.75, 3.05) is 24.9 Å². The van der Waals surface area contributed by atoms with E-state index in [2.05, 4.69) is 15.4 Å². The molecule has 3 aromatic carbocycles. The molecule has 2 atom stereocenters. The third-order valence-electron chi connectivity index (χ3n) is 6.63. The molecule has 192 valence electrons. The number of Topliss-reactive ketones (excluding diaryl/α,β-unsaturated/α-hetero) is 1. The van der Waals surface area contributed by atoms with Gasteiger partial charge in [-0.15, -0.1) is 13.2 Å². The van der Waals surface area contributed by atoms with Crippen LogP contribution in [0.2, 0.25) is 0 Å². The van der Waals surface area contributed by atoms with Crippen LogP contribution in [0.3, 0.4) is 0 Å². The summed E-state index contributed by atoms with van der Waals surface area (Å²) in [5, 5.41) is 6.87. The quantitative estimate of drug-likeness (QED) is 0.404. The molecule has 0 saturated carbocycles. The molecule has 1 aliphatic carbocycles. The first-order valence-electron chi connectivity index (χ1n) is 11.7. The minimum atomic E-state index is -4.78. The van der Waals surface area contributed by atoms with Crippen LogP contribution in [0.4, 0.5) is 24.5 Å². The molecule has 9 heteroatoms. The maximum absolute atomic E-state index is 13.7. The summed E-state index contributed by atoms with van der Waals surface area (Å²) in [6.07, 6.45) is -3.93. The van der Waals surface area contributed by atoms with Crippen LogP contribution in [-0.4, -0.2) is 26.4 Å². The summed E-state index contributed by atoms with van der Waals surface area (Å²) in [4.78, 5) is 13.7. The van der Waals surface area contributed by atoms with Crippen LogP contribution in [0.25, 0.3) is 0 Å². The van der Waals surface area contributed by atoms with Crippen molar-refractivity contribution in [3.63, 3.8) is 0 Å². The maximum Gasteiger partial charge on any atom is 0.573 e. The number of hydrogen-bond acceptors (Lipinski definition) is 6. The maximum atomic E-state index is 13.7. The van der Waals surface area contributed by atoms with Crippen molar-refractivity contribution < 1.29 is 32.2 Å². The fraction of sp³-hybridized carbons (Fsp3) is 0.250. The summed E-state index contributed by atoms with van der Waals surface area (Å²) in [6, 6.07) is 18.3. The number of carbonyl (C=O) groups excluding carboxylic acids is 1. The van der Waals surface area contributed by atoms with E-state index in [0.717, 1.165) is 22.6 Å². The van der Waals surface area contributed by atoms with E-state index in [0.29, 0.717) is 29.1 Å². The van der Waals surface area contributed by atoms with Crippen molar-refractivity contribution in [1.29, 1.82) is 0 Å². The number of halogens is 3.